The van der Waals surface area contributed by atoms with Crippen molar-refractivity contribution in [3.63, 3.8) is 0 Å². The summed E-state index contributed by atoms with van der Waals surface area (Å²) < 4.78 is 29.7. The van der Waals surface area contributed by atoms with Gasteiger partial charge in [-0.15, -0.1) is 11.3 Å². The first-order chi connectivity index (χ1) is 9.63. The minimum Gasteiger partial charge on any atom is -0.492 e. The third kappa shape index (κ3) is 3.59. The molecule has 0 radical (unpaired) electrons. The van der Waals surface area contributed by atoms with E-state index in [1.165, 1.54) is 11.3 Å². The van der Waals surface area contributed by atoms with Gasteiger partial charge in [-0.25, -0.2) is 8.42 Å². The van der Waals surface area contributed by atoms with Crippen molar-refractivity contribution in [2.45, 2.75) is 10.6 Å². The van der Waals surface area contributed by atoms with E-state index in [-0.39, 0.29) is 12.4 Å². The van der Waals surface area contributed by atoms with E-state index in [2.05, 4.69) is 0 Å². The zero-order valence-electron chi connectivity index (χ0n) is 10.7. The maximum Gasteiger partial charge on any atom is 0.187 e. The normalized spacial score (nSPS) is 10.9. The van der Waals surface area contributed by atoms with Crippen LogP contribution in [-0.2, 0) is 9.84 Å². The fourth-order valence-electron chi connectivity index (χ4n) is 1.66. The predicted molar refractivity (Wildman–Crippen MR) is 77.6 cm³/mol. The molecule has 1 aromatic heterocycles. The van der Waals surface area contributed by atoms with Gasteiger partial charge in [0, 0.05) is 0 Å². The summed E-state index contributed by atoms with van der Waals surface area (Å²) in [7, 11) is -3.21. The van der Waals surface area contributed by atoms with Crippen LogP contribution in [0.4, 0.5) is 0 Å². The van der Waals surface area contributed by atoms with Gasteiger partial charge in [-0.3, -0.25) is 0 Å². The Morgan fingerprint density at radius 2 is 2.00 bits per heavy atom. The van der Waals surface area contributed by atoms with Crippen molar-refractivity contribution in [2.24, 2.45) is 0 Å². The maximum atomic E-state index is 11.9. The highest BCUT2D eigenvalue weighted by Gasteiger charge is 2.15. The zero-order chi connectivity index (χ0) is 14.4. The molecule has 104 valence electrons. The fraction of sp³-hybridized carbons (Fsp3) is 0.214. The van der Waals surface area contributed by atoms with Crippen molar-refractivity contribution in [1.29, 1.82) is 5.26 Å². The minimum atomic E-state index is -3.21. The molecule has 1 aromatic carbocycles. The minimum absolute atomic E-state index is 0.0439. The summed E-state index contributed by atoms with van der Waals surface area (Å²) in [6.07, 6.45) is 0.389. The van der Waals surface area contributed by atoms with Crippen LogP contribution in [-0.4, -0.2) is 20.8 Å². The number of rotatable bonds is 6. The molecule has 0 saturated heterocycles. The Labute approximate surface area is 122 Å². The standard InChI is InChI=1S/C14H13NO3S2/c15-11-12-5-1-2-6-13(12)18-8-4-10-20(16,17)14-7-3-9-19-14/h1-3,5-7,9H,4,8,10H2. The van der Waals surface area contributed by atoms with Crippen molar-refractivity contribution in [3.05, 3.63) is 47.3 Å². The van der Waals surface area contributed by atoms with E-state index in [0.29, 0.717) is 21.9 Å². The summed E-state index contributed by atoms with van der Waals surface area (Å²) in [5.74, 6) is 0.533. The fourth-order valence-corrected chi connectivity index (χ4v) is 4.09. The molecular weight excluding hydrogens is 294 g/mol. The summed E-state index contributed by atoms with van der Waals surface area (Å²) in [6, 6.07) is 12.3. The van der Waals surface area contributed by atoms with Crippen LogP contribution in [0, 0.1) is 11.3 Å². The number of hydrogen-bond donors (Lipinski definition) is 0. The van der Waals surface area contributed by atoms with Gasteiger partial charge >= 0.3 is 0 Å². The number of nitriles is 1. The van der Waals surface area contributed by atoms with Crippen molar-refractivity contribution >= 4 is 21.2 Å². The second kappa shape index (κ2) is 6.55. The zero-order valence-corrected chi connectivity index (χ0v) is 12.3. The molecule has 1 heterocycles. The number of sulfone groups is 1. The first kappa shape index (κ1) is 14.6. The van der Waals surface area contributed by atoms with E-state index in [1.54, 1.807) is 41.8 Å². The third-order valence-corrected chi connectivity index (χ3v) is 5.91. The summed E-state index contributed by atoms with van der Waals surface area (Å²) in [5.41, 5.74) is 0.452. The number of para-hydroxylation sites is 1. The molecule has 2 aromatic rings. The highest BCUT2D eigenvalue weighted by Crippen LogP contribution is 2.19. The molecule has 6 heteroatoms. The van der Waals surface area contributed by atoms with Crippen molar-refractivity contribution in [2.75, 3.05) is 12.4 Å². The number of thiophene rings is 1. The molecule has 0 aliphatic rings. The molecule has 0 aliphatic carbocycles. The molecule has 4 nitrogen and oxygen atoms in total. The van der Waals surface area contributed by atoms with Crippen LogP contribution in [0.15, 0.2) is 46.0 Å². The molecule has 0 amide bonds. The van der Waals surface area contributed by atoms with Gasteiger partial charge in [-0.1, -0.05) is 18.2 Å². The molecule has 0 unspecified atom stereocenters. The second-order valence-electron chi connectivity index (χ2n) is 4.06. The smallest absolute Gasteiger partial charge is 0.187 e. The lowest BCUT2D eigenvalue weighted by Gasteiger charge is -2.07. The Kier molecular flexibility index (Phi) is 4.77. The van der Waals surface area contributed by atoms with E-state index in [0.717, 1.165) is 0 Å². The maximum absolute atomic E-state index is 11.9. The number of nitrogens with zero attached hydrogens (tertiary/aromatic N) is 1. The highest BCUT2D eigenvalue weighted by atomic mass is 32.2. The van der Waals surface area contributed by atoms with E-state index >= 15 is 0 Å². The second-order valence-corrected chi connectivity index (χ2v) is 7.34. The number of ether oxygens (including phenoxy) is 1. The molecule has 0 atom stereocenters. The Hall–Kier alpha value is -1.84. The van der Waals surface area contributed by atoms with Gasteiger partial charge in [0.15, 0.2) is 9.84 Å². The van der Waals surface area contributed by atoms with E-state index in [1.807, 2.05) is 6.07 Å². The van der Waals surface area contributed by atoms with E-state index < -0.39 is 9.84 Å². The SMILES string of the molecule is N#Cc1ccccc1OCCCS(=O)(=O)c1cccs1. The first-order valence-corrected chi connectivity index (χ1v) is 8.55. The van der Waals surface area contributed by atoms with Crippen molar-refractivity contribution in [1.82, 2.24) is 0 Å². The topological polar surface area (TPSA) is 67.2 Å². The molecule has 0 spiro atoms. The number of hydrogen-bond acceptors (Lipinski definition) is 5. The Balaban J connectivity index is 1.87. The van der Waals surface area contributed by atoms with Crippen LogP contribution in [0.2, 0.25) is 0 Å². The Morgan fingerprint density at radius 1 is 1.20 bits per heavy atom. The largest absolute Gasteiger partial charge is 0.492 e. The molecule has 2 rings (SSSR count). The summed E-state index contributed by atoms with van der Waals surface area (Å²) in [4.78, 5) is 0. The Bertz CT molecular complexity index is 700. The average molecular weight is 307 g/mol. The Morgan fingerprint density at radius 3 is 2.70 bits per heavy atom. The average Bonchev–Trinajstić information content (AvgIpc) is 2.99. The van der Waals surface area contributed by atoms with Gasteiger partial charge in [-0.2, -0.15) is 5.26 Å². The van der Waals surface area contributed by atoms with Crippen LogP contribution in [0.1, 0.15) is 12.0 Å². The van der Waals surface area contributed by atoms with Gasteiger partial charge in [-0.05, 0) is 30.0 Å². The van der Waals surface area contributed by atoms with Gasteiger partial charge in [0.05, 0.1) is 17.9 Å². The van der Waals surface area contributed by atoms with Crippen LogP contribution in [0.3, 0.4) is 0 Å². The molecule has 20 heavy (non-hydrogen) atoms. The number of benzene rings is 1. The van der Waals surface area contributed by atoms with Crippen molar-refractivity contribution in [3.8, 4) is 11.8 Å². The van der Waals surface area contributed by atoms with Crippen LogP contribution in [0.5, 0.6) is 5.75 Å². The predicted octanol–water partition coefficient (Wildman–Crippen LogP) is 2.86. The third-order valence-electron chi connectivity index (χ3n) is 2.62. The quantitative estimate of drug-likeness (QED) is 0.770. The first-order valence-electron chi connectivity index (χ1n) is 6.02. The molecule has 0 fully saturated rings. The van der Waals surface area contributed by atoms with Crippen LogP contribution >= 0.6 is 11.3 Å². The summed E-state index contributed by atoms with van der Waals surface area (Å²) in [6.45, 7) is 0.267. The lowest BCUT2D eigenvalue weighted by Crippen LogP contribution is -2.09. The molecule has 0 N–H and O–H groups in total. The molecular formula is C14H13NO3S2. The van der Waals surface area contributed by atoms with Crippen LogP contribution < -0.4 is 4.74 Å². The van der Waals surface area contributed by atoms with Gasteiger partial charge < -0.3 is 4.74 Å². The van der Waals surface area contributed by atoms with Gasteiger partial charge in [0.2, 0.25) is 0 Å². The molecule has 0 bridgehead atoms. The molecule has 0 saturated carbocycles. The lowest BCUT2D eigenvalue weighted by molar-refractivity contribution is 0.317. The van der Waals surface area contributed by atoms with Crippen LogP contribution in [0.25, 0.3) is 0 Å². The van der Waals surface area contributed by atoms with E-state index in [4.69, 9.17) is 10.00 Å². The lowest BCUT2D eigenvalue weighted by atomic mass is 10.2. The molecule has 0 aliphatic heterocycles. The highest BCUT2D eigenvalue weighted by molar-refractivity contribution is 7.93. The monoisotopic (exact) mass is 307 g/mol. The van der Waals surface area contributed by atoms with Gasteiger partial charge in [0.25, 0.3) is 0 Å². The van der Waals surface area contributed by atoms with Gasteiger partial charge in [0.1, 0.15) is 16.0 Å². The van der Waals surface area contributed by atoms with Crippen molar-refractivity contribution < 1.29 is 13.2 Å². The van der Waals surface area contributed by atoms with E-state index in [9.17, 15) is 8.42 Å². The summed E-state index contributed by atoms with van der Waals surface area (Å²) in [5, 5.41) is 10.6. The summed E-state index contributed by atoms with van der Waals surface area (Å²) >= 11 is 1.22.